The summed E-state index contributed by atoms with van der Waals surface area (Å²) in [5.74, 6) is 0.119. The molecule has 0 unspecified atom stereocenters. The third-order valence-corrected chi connectivity index (χ3v) is 3.32. The zero-order valence-electron chi connectivity index (χ0n) is 9.24. The summed E-state index contributed by atoms with van der Waals surface area (Å²) >= 11 is 3.35. The van der Waals surface area contributed by atoms with Crippen molar-refractivity contribution < 1.29 is 4.79 Å². The van der Waals surface area contributed by atoms with Gasteiger partial charge in [0.15, 0.2) is 5.78 Å². The SMILES string of the molecule is Cn1ncc(Br)c1C(=O)CN1CCNCC1. The van der Waals surface area contributed by atoms with Crippen LogP contribution >= 0.6 is 15.9 Å². The molecule has 2 rings (SSSR count). The summed E-state index contributed by atoms with van der Waals surface area (Å²) in [7, 11) is 1.79. The van der Waals surface area contributed by atoms with Crippen molar-refractivity contribution in [2.24, 2.45) is 7.05 Å². The van der Waals surface area contributed by atoms with Gasteiger partial charge < -0.3 is 5.32 Å². The van der Waals surface area contributed by atoms with Gasteiger partial charge in [-0.1, -0.05) is 0 Å². The highest BCUT2D eigenvalue weighted by molar-refractivity contribution is 9.10. The van der Waals surface area contributed by atoms with E-state index in [1.807, 2.05) is 0 Å². The Morgan fingerprint density at radius 1 is 1.56 bits per heavy atom. The monoisotopic (exact) mass is 286 g/mol. The number of hydrogen-bond donors (Lipinski definition) is 1. The second kappa shape index (κ2) is 5.07. The largest absolute Gasteiger partial charge is 0.314 e. The number of nitrogens with zero attached hydrogens (tertiary/aromatic N) is 3. The third-order valence-electron chi connectivity index (χ3n) is 2.74. The Hall–Kier alpha value is -0.720. The molecule has 1 aliphatic rings. The number of carbonyl (C=O) groups is 1. The maximum absolute atomic E-state index is 12.1. The van der Waals surface area contributed by atoms with Crippen molar-refractivity contribution in [2.45, 2.75) is 0 Å². The van der Waals surface area contributed by atoms with Gasteiger partial charge in [0.25, 0.3) is 0 Å². The van der Waals surface area contributed by atoms with E-state index in [9.17, 15) is 4.79 Å². The smallest absolute Gasteiger partial charge is 0.195 e. The highest BCUT2D eigenvalue weighted by Crippen LogP contribution is 2.15. The molecule has 0 aliphatic carbocycles. The van der Waals surface area contributed by atoms with Crippen LogP contribution in [0.25, 0.3) is 0 Å². The number of aromatic nitrogens is 2. The van der Waals surface area contributed by atoms with Gasteiger partial charge in [0.2, 0.25) is 0 Å². The van der Waals surface area contributed by atoms with Gasteiger partial charge in [0.05, 0.1) is 17.2 Å². The zero-order valence-corrected chi connectivity index (χ0v) is 10.8. The average Bonchev–Trinajstić information content (AvgIpc) is 2.60. The summed E-state index contributed by atoms with van der Waals surface area (Å²) in [5.41, 5.74) is 0.651. The number of ketones is 1. The molecule has 16 heavy (non-hydrogen) atoms. The van der Waals surface area contributed by atoms with E-state index in [0.717, 1.165) is 30.7 Å². The van der Waals surface area contributed by atoms with Crippen molar-refractivity contribution in [3.8, 4) is 0 Å². The Balaban J connectivity index is 2.02. The number of aryl methyl sites for hydroxylation is 1. The quantitative estimate of drug-likeness (QED) is 0.811. The van der Waals surface area contributed by atoms with Crippen molar-refractivity contribution in [3.63, 3.8) is 0 Å². The van der Waals surface area contributed by atoms with Gasteiger partial charge in [-0.2, -0.15) is 5.10 Å². The van der Waals surface area contributed by atoms with Gasteiger partial charge in [-0.15, -0.1) is 0 Å². The lowest BCUT2D eigenvalue weighted by atomic mass is 10.2. The van der Waals surface area contributed by atoms with Crippen LogP contribution in [0.3, 0.4) is 0 Å². The second-order valence-electron chi connectivity index (χ2n) is 3.91. The molecule has 1 aromatic rings. The van der Waals surface area contributed by atoms with E-state index in [2.05, 4.69) is 31.2 Å². The van der Waals surface area contributed by atoms with Crippen LogP contribution < -0.4 is 5.32 Å². The number of piperazine rings is 1. The van der Waals surface area contributed by atoms with Crippen LogP contribution in [0.2, 0.25) is 0 Å². The molecule has 1 aromatic heterocycles. The van der Waals surface area contributed by atoms with Crippen molar-refractivity contribution >= 4 is 21.7 Å². The maximum Gasteiger partial charge on any atom is 0.195 e. The van der Waals surface area contributed by atoms with Crippen LogP contribution in [0.4, 0.5) is 0 Å². The van der Waals surface area contributed by atoms with Gasteiger partial charge in [-0.25, -0.2) is 0 Å². The fraction of sp³-hybridized carbons (Fsp3) is 0.600. The third kappa shape index (κ3) is 2.50. The predicted molar refractivity (Wildman–Crippen MR) is 64.5 cm³/mol. The zero-order chi connectivity index (χ0) is 11.5. The normalized spacial score (nSPS) is 17.6. The van der Waals surface area contributed by atoms with Crippen LogP contribution in [-0.2, 0) is 7.05 Å². The van der Waals surface area contributed by atoms with E-state index in [-0.39, 0.29) is 5.78 Å². The average molecular weight is 287 g/mol. The van der Waals surface area contributed by atoms with Gasteiger partial charge in [0, 0.05) is 33.2 Å². The molecule has 5 nitrogen and oxygen atoms in total. The Bertz CT molecular complexity index is 365. The summed E-state index contributed by atoms with van der Waals surface area (Å²) in [6.07, 6.45) is 1.66. The van der Waals surface area contributed by atoms with Crippen LogP contribution in [-0.4, -0.2) is 53.2 Å². The van der Waals surface area contributed by atoms with E-state index in [1.165, 1.54) is 0 Å². The Labute approximate surface area is 103 Å². The molecule has 0 saturated carbocycles. The van der Waals surface area contributed by atoms with Crippen LogP contribution in [0.1, 0.15) is 10.5 Å². The topological polar surface area (TPSA) is 50.2 Å². The van der Waals surface area contributed by atoms with Crippen molar-refractivity contribution in [2.75, 3.05) is 32.7 Å². The molecule has 0 radical (unpaired) electrons. The van der Waals surface area contributed by atoms with Crippen molar-refractivity contribution in [1.82, 2.24) is 20.0 Å². The Morgan fingerprint density at radius 2 is 2.25 bits per heavy atom. The first-order valence-corrected chi connectivity index (χ1v) is 6.11. The summed E-state index contributed by atoms with van der Waals surface area (Å²) in [4.78, 5) is 14.2. The number of carbonyl (C=O) groups excluding carboxylic acids is 1. The van der Waals surface area contributed by atoms with Gasteiger partial charge in [-0.05, 0) is 15.9 Å². The summed E-state index contributed by atoms with van der Waals surface area (Å²) in [5, 5.41) is 7.31. The Morgan fingerprint density at radius 3 is 2.81 bits per heavy atom. The first kappa shape index (κ1) is 11.8. The van der Waals surface area contributed by atoms with E-state index in [0.29, 0.717) is 12.2 Å². The number of hydrogen-bond acceptors (Lipinski definition) is 4. The molecule has 0 amide bonds. The first-order chi connectivity index (χ1) is 7.68. The molecule has 1 N–H and O–H groups in total. The van der Waals surface area contributed by atoms with Gasteiger partial charge in [-0.3, -0.25) is 14.4 Å². The lowest BCUT2D eigenvalue weighted by molar-refractivity contribution is 0.0911. The molecule has 0 spiro atoms. The first-order valence-electron chi connectivity index (χ1n) is 5.32. The van der Waals surface area contributed by atoms with Crippen molar-refractivity contribution in [3.05, 3.63) is 16.4 Å². The Kier molecular flexibility index (Phi) is 3.73. The number of rotatable bonds is 3. The molecule has 1 aliphatic heterocycles. The lowest BCUT2D eigenvalue weighted by Crippen LogP contribution is -2.45. The van der Waals surface area contributed by atoms with Gasteiger partial charge in [0.1, 0.15) is 5.69 Å². The highest BCUT2D eigenvalue weighted by atomic mass is 79.9. The molecule has 0 aromatic carbocycles. The molecule has 6 heteroatoms. The lowest BCUT2D eigenvalue weighted by Gasteiger charge is -2.26. The molecule has 1 fully saturated rings. The molecule has 0 atom stereocenters. The van der Waals surface area contributed by atoms with Gasteiger partial charge >= 0.3 is 0 Å². The minimum absolute atomic E-state index is 0.119. The standard InChI is InChI=1S/C10H15BrN4O/c1-14-10(8(11)6-13-14)9(16)7-15-4-2-12-3-5-15/h6,12H,2-5,7H2,1H3. The van der Waals surface area contributed by atoms with Crippen molar-refractivity contribution in [1.29, 1.82) is 0 Å². The molecular weight excluding hydrogens is 272 g/mol. The summed E-state index contributed by atoms with van der Waals surface area (Å²) in [6, 6.07) is 0. The summed E-state index contributed by atoms with van der Waals surface area (Å²) < 4.78 is 2.39. The van der Waals surface area contributed by atoms with E-state index in [1.54, 1.807) is 17.9 Å². The van der Waals surface area contributed by atoms with E-state index < -0.39 is 0 Å². The fourth-order valence-electron chi connectivity index (χ4n) is 1.87. The number of nitrogens with one attached hydrogen (secondary N) is 1. The van der Waals surface area contributed by atoms with Crippen LogP contribution in [0.15, 0.2) is 10.7 Å². The predicted octanol–water partition coefficient (Wildman–Crippen LogP) is 0.271. The van der Waals surface area contributed by atoms with E-state index in [4.69, 9.17) is 0 Å². The molecule has 2 heterocycles. The molecule has 1 saturated heterocycles. The molecule has 0 bridgehead atoms. The van der Waals surface area contributed by atoms with Crippen LogP contribution in [0, 0.1) is 0 Å². The molecular formula is C10H15BrN4O. The minimum atomic E-state index is 0.119. The molecule has 88 valence electrons. The highest BCUT2D eigenvalue weighted by Gasteiger charge is 2.19. The minimum Gasteiger partial charge on any atom is -0.314 e. The number of halogens is 1. The maximum atomic E-state index is 12.1. The van der Waals surface area contributed by atoms with Crippen LogP contribution in [0.5, 0.6) is 0 Å². The summed E-state index contributed by atoms with van der Waals surface area (Å²) in [6.45, 7) is 4.25. The second-order valence-corrected chi connectivity index (χ2v) is 4.77. The number of Topliss-reactive ketones (excluding diaryl/α,β-unsaturated/α-hetero) is 1. The fourth-order valence-corrected chi connectivity index (χ4v) is 2.44. The van der Waals surface area contributed by atoms with E-state index >= 15 is 0 Å².